The van der Waals surface area contributed by atoms with Gasteiger partial charge in [0.2, 0.25) is 0 Å². The molecule has 0 amide bonds. The number of hydrogen-bond acceptors (Lipinski definition) is 8. The van der Waals surface area contributed by atoms with E-state index in [4.69, 9.17) is 9.26 Å². The molecule has 4 aromatic rings. The first-order valence-corrected chi connectivity index (χ1v) is 9.75. The number of rotatable bonds is 8. The number of aromatic nitrogens is 1. The van der Waals surface area contributed by atoms with E-state index in [0.29, 0.717) is 12.2 Å². The van der Waals surface area contributed by atoms with Gasteiger partial charge >= 0.3 is 0 Å². The molecule has 4 rings (SSSR count). The summed E-state index contributed by atoms with van der Waals surface area (Å²) in [5.41, 5.74) is 1.50. The summed E-state index contributed by atoms with van der Waals surface area (Å²) in [6.45, 7) is 0. The van der Waals surface area contributed by atoms with E-state index >= 15 is 0 Å². The standard InChI is InChI=1S/C24H18N2O6/c27-17-12-21(29)24(22(13-17)31-18-9-7-16(25-30)8-10-18)23-14-19(26-32-23)20(28)11-6-15-4-2-1-3-5-15/h1-5,7-10,12-14,27,29H,6,11H2. The zero-order valence-electron chi connectivity index (χ0n) is 16.8. The van der Waals surface area contributed by atoms with Crippen LogP contribution in [0, 0.1) is 4.91 Å². The first-order valence-electron chi connectivity index (χ1n) is 9.75. The van der Waals surface area contributed by atoms with Crippen molar-refractivity contribution >= 4 is 11.5 Å². The molecule has 0 spiro atoms. The predicted molar refractivity (Wildman–Crippen MR) is 116 cm³/mol. The van der Waals surface area contributed by atoms with Gasteiger partial charge in [0, 0.05) is 24.6 Å². The molecule has 0 bridgehead atoms. The molecule has 160 valence electrons. The molecule has 0 saturated carbocycles. The summed E-state index contributed by atoms with van der Waals surface area (Å²) in [6, 6.07) is 19.4. The van der Waals surface area contributed by atoms with Crippen LogP contribution in [0.2, 0.25) is 0 Å². The normalized spacial score (nSPS) is 10.6. The number of hydrogen-bond donors (Lipinski definition) is 2. The van der Waals surface area contributed by atoms with Gasteiger partial charge in [-0.15, -0.1) is 4.91 Å². The number of Topliss-reactive ketones (excluding diaryl/α,β-unsaturated/α-hetero) is 1. The second kappa shape index (κ2) is 9.13. The Hall–Kier alpha value is -4.46. The van der Waals surface area contributed by atoms with Crippen LogP contribution in [0.25, 0.3) is 11.3 Å². The summed E-state index contributed by atoms with van der Waals surface area (Å²) in [5, 5.41) is 27.0. The third-order valence-corrected chi connectivity index (χ3v) is 4.76. The molecule has 3 aromatic carbocycles. The van der Waals surface area contributed by atoms with Gasteiger partial charge in [0.05, 0.1) is 0 Å². The van der Waals surface area contributed by atoms with Crippen LogP contribution in [-0.4, -0.2) is 21.2 Å². The lowest BCUT2D eigenvalue weighted by Crippen LogP contribution is -2.01. The molecule has 0 radical (unpaired) electrons. The van der Waals surface area contributed by atoms with Crippen molar-refractivity contribution in [2.24, 2.45) is 5.18 Å². The number of nitrogens with zero attached hydrogens (tertiary/aromatic N) is 2. The molecule has 0 aliphatic heterocycles. The van der Waals surface area contributed by atoms with E-state index in [0.717, 1.165) is 11.6 Å². The molecular formula is C24H18N2O6. The number of carbonyl (C=O) groups is 1. The molecule has 8 heteroatoms. The molecule has 0 unspecified atom stereocenters. The fourth-order valence-electron chi connectivity index (χ4n) is 3.17. The maximum Gasteiger partial charge on any atom is 0.185 e. The van der Waals surface area contributed by atoms with Gasteiger partial charge in [-0.2, -0.15) is 0 Å². The first kappa shape index (κ1) is 20.8. The lowest BCUT2D eigenvalue weighted by atomic mass is 10.0. The SMILES string of the molecule is O=Nc1ccc(Oc2cc(O)cc(O)c2-c2cc(C(=O)CCc3ccccc3)no2)cc1. The fourth-order valence-corrected chi connectivity index (χ4v) is 3.17. The molecule has 1 aromatic heterocycles. The van der Waals surface area contributed by atoms with E-state index < -0.39 is 0 Å². The Morgan fingerprint density at radius 2 is 1.75 bits per heavy atom. The van der Waals surface area contributed by atoms with Crippen LogP contribution in [0.1, 0.15) is 22.5 Å². The van der Waals surface area contributed by atoms with Gasteiger partial charge in [0.1, 0.15) is 39.9 Å². The van der Waals surface area contributed by atoms with Crippen LogP contribution in [0.4, 0.5) is 5.69 Å². The van der Waals surface area contributed by atoms with Crippen molar-refractivity contribution in [3.05, 3.63) is 89.0 Å². The van der Waals surface area contributed by atoms with Crippen molar-refractivity contribution in [2.75, 3.05) is 0 Å². The number of ether oxygens (including phenoxy) is 1. The van der Waals surface area contributed by atoms with Gasteiger partial charge in [-0.1, -0.05) is 35.5 Å². The van der Waals surface area contributed by atoms with Gasteiger partial charge in [-0.3, -0.25) is 4.79 Å². The van der Waals surface area contributed by atoms with Gasteiger partial charge < -0.3 is 19.5 Å². The van der Waals surface area contributed by atoms with E-state index in [9.17, 15) is 19.9 Å². The average molecular weight is 430 g/mol. The summed E-state index contributed by atoms with van der Waals surface area (Å²) in [5.74, 6) is -0.235. The van der Waals surface area contributed by atoms with Crippen molar-refractivity contribution in [1.29, 1.82) is 0 Å². The first-order chi connectivity index (χ1) is 15.5. The van der Waals surface area contributed by atoms with E-state index in [-0.39, 0.29) is 52.2 Å². The highest BCUT2D eigenvalue weighted by molar-refractivity contribution is 5.95. The smallest absolute Gasteiger partial charge is 0.185 e. The second-order valence-corrected chi connectivity index (χ2v) is 7.01. The predicted octanol–water partition coefficient (Wildman–Crippen LogP) is 5.76. The average Bonchev–Trinajstić information content (AvgIpc) is 3.28. The van der Waals surface area contributed by atoms with Crippen LogP contribution in [0.5, 0.6) is 23.0 Å². The molecule has 0 aliphatic rings. The van der Waals surface area contributed by atoms with Crippen LogP contribution in [0.3, 0.4) is 0 Å². The summed E-state index contributed by atoms with van der Waals surface area (Å²) in [4.78, 5) is 23.1. The summed E-state index contributed by atoms with van der Waals surface area (Å²) < 4.78 is 11.1. The lowest BCUT2D eigenvalue weighted by Gasteiger charge is -2.11. The lowest BCUT2D eigenvalue weighted by molar-refractivity contribution is 0.0974. The van der Waals surface area contributed by atoms with Crippen molar-refractivity contribution < 1.29 is 24.3 Å². The van der Waals surface area contributed by atoms with E-state index in [1.54, 1.807) is 0 Å². The quantitative estimate of drug-likeness (QED) is 0.269. The van der Waals surface area contributed by atoms with E-state index in [1.165, 1.54) is 36.4 Å². The number of benzene rings is 3. The molecule has 8 nitrogen and oxygen atoms in total. The minimum absolute atomic E-state index is 0.0775. The number of phenolic OH excluding ortho intramolecular Hbond substituents is 2. The van der Waals surface area contributed by atoms with Crippen molar-refractivity contribution in [1.82, 2.24) is 5.16 Å². The Balaban J connectivity index is 1.58. The summed E-state index contributed by atoms with van der Waals surface area (Å²) in [6.07, 6.45) is 0.810. The van der Waals surface area contributed by atoms with Gasteiger partial charge in [0.25, 0.3) is 0 Å². The Labute approximate surface area is 182 Å². The second-order valence-electron chi connectivity index (χ2n) is 7.01. The maximum atomic E-state index is 12.5. The molecule has 32 heavy (non-hydrogen) atoms. The van der Waals surface area contributed by atoms with Crippen LogP contribution >= 0.6 is 0 Å². The third-order valence-electron chi connectivity index (χ3n) is 4.76. The molecular weight excluding hydrogens is 412 g/mol. The number of aromatic hydroxyl groups is 2. The topological polar surface area (TPSA) is 122 Å². The Morgan fingerprint density at radius 1 is 1.00 bits per heavy atom. The highest BCUT2D eigenvalue weighted by atomic mass is 16.5. The Bertz CT molecular complexity index is 1250. The summed E-state index contributed by atoms with van der Waals surface area (Å²) in [7, 11) is 0. The zero-order valence-corrected chi connectivity index (χ0v) is 16.8. The maximum absolute atomic E-state index is 12.5. The number of ketones is 1. The minimum Gasteiger partial charge on any atom is -0.508 e. The van der Waals surface area contributed by atoms with E-state index in [1.807, 2.05) is 30.3 Å². The molecule has 2 N–H and O–H groups in total. The third kappa shape index (κ3) is 4.65. The molecule has 0 aliphatic carbocycles. The number of aryl methyl sites for hydroxylation is 1. The van der Waals surface area contributed by atoms with Crippen LogP contribution in [0.15, 0.2) is 82.5 Å². The van der Waals surface area contributed by atoms with Crippen LogP contribution < -0.4 is 4.74 Å². The van der Waals surface area contributed by atoms with Gasteiger partial charge in [-0.25, -0.2) is 0 Å². The Kier molecular flexibility index (Phi) is 5.94. The van der Waals surface area contributed by atoms with E-state index in [2.05, 4.69) is 10.3 Å². The van der Waals surface area contributed by atoms with Crippen molar-refractivity contribution in [3.8, 4) is 34.3 Å². The monoisotopic (exact) mass is 430 g/mol. The van der Waals surface area contributed by atoms with Gasteiger partial charge in [0.15, 0.2) is 11.5 Å². The summed E-state index contributed by atoms with van der Waals surface area (Å²) >= 11 is 0. The minimum atomic E-state index is -0.314. The fraction of sp³-hybridized carbons (Fsp3) is 0.0833. The zero-order chi connectivity index (χ0) is 22.5. The largest absolute Gasteiger partial charge is 0.508 e. The van der Waals surface area contributed by atoms with Gasteiger partial charge in [-0.05, 0) is 41.4 Å². The number of nitroso groups, excluding NO2 is 1. The molecule has 0 saturated heterocycles. The Morgan fingerprint density at radius 3 is 2.47 bits per heavy atom. The molecule has 0 atom stereocenters. The number of phenols is 2. The van der Waals surface area contributed by atoms with Crippen molar-refractivity contribution in [3.63, 3.8) is 0 Å². The molecule has 1 heterocycles. The van der Waals surface area contributed by atoms with Crippen molar-refractivity contribution in [2.45, 2.75) is 12.8 Å². The number of carbonyl (C=O) groups excluding carboxylic acids is 1. The highest BCUT2D eigenvalue weighted by Gasteiger charge is 2.21. The van der Waals surface area contributed by atoms with Crippen LogP contribution in [-0.2, 0) is 6.42 Å². The highest BCUT2D eigenvalue weighted by Crippen LogP contribution is 2.43. The molecule has 0 fully saturated rings.